The van der Waals surface area contributed by atoms with Crippen LogP contribution in [0.25, 0.3) is 0 Å². The molecule has 0 radical (unpaired) electrons. The van der Waals surface area contributed by atoms with Crippen molar-refractivity contribution >= 4 is 34.3 Å². The third kappa shape index (κ3) is 4.68. The second kappa shape index (κ2) is 9.98. The molecule has 0 bridgehead atoms. The fourth-order valence-electron chi connectivity index (χ4n) is 5.55. The van der Waals surface area contributed by atoms with Crippen LogP contribution in [-0.2, 0) is 0 Å². The van der Waals surface area contributed by atoms with Crippen LogP contribution in [0, 0.1) is 16.0 Å². The average Bonchev–Trinajstić information content (AvgIpc) is 3.45. The molecule has 4 aromatic carbocycles. The maximum absolute atomic E-state index is 13.5. The molecule has 1 amide bonds. The molecule has 1 heterocycles. The van der Waals surface area contributed by atoms with Crippen LogP contribution < -0.4 is 16.0 Å². The highest BCUT2D eigenvalue weighted by Crippen LogP contribution is 2.52. The number of carbonyl (C=O) groups excluding carboxylic acids is 1. The number of benzene rings is 4. The van der Waals surface area contributed by atoms with Crippen LogP contribution in [-0.4, -0.2) is 15.9 Å². The van der Waals surface area contributed by atoms with Crippen LogP contribution in [0.4, 0.5) is 28.4 Å². The van der Waals surface area contributed by atoms with Gasteiger partial charge in [0.15, 0.2) is 0 Å². The smallest absolute Gasteiger partial charge is 0.270 e. The minimum absolute atomic E-state index is 0.0148. The zero-order valence-corrected chi connectivity index (χ0v) is 20.9. The molecule has 8 nitrogen and oxygen atoms in total. The highest BCUT2D eigenvalue weighted by molar-refractivity contribution is 6.08. The predicted octanol–water partition coefficient (Wildman–Crippen LogP) is 7.12. The summed E-state index contributed by atoms with van der Waals surface area (Å²) in [6.45, 7) is 0. The normalized spacial score (nSPS) is 18.9. The number of nitro groups is 1. The predicted molar refractivity (Wildman–Crippen MR) is 152 cm³/mol. The number of allylic oxidation sites excluding steroid dienone is 2. The molecule has 6 rings (SSSR count). The fourth-order valence-corrected chi connectivity index (χ4v) is 5.55. The van der Waals surface area contributed by atoms with Crippen molar-refractivity contribution in [1.82, 2.24) is 0 Å². The van der Waals surface area contributed by atoms with Crippen LogP contribution in [0.15, 0.2) is 103 Å². The number of rotatable bonds is 6. The number of fused-ring (bicyclic) bond motifs is 3. The molecule has 4 N–H and O–H groups in total. The van der Waals surface area contributed by atoms with Crippen LogP contribution in [0.3, 0.4) is 0 Å². The van der Waals surface area contributed by atoms with Crippen molar-refractivity contribution in [3.63, 3.8) is 0 Å². The van der Waals surface area contributed by atoms with E-state index in [0.29, 0.717) is 22.5 Å². The van der Waals surface area contributed by atoms with Gasteiger partial charge in [-0.3, -0.25) is 14.9 Å². The first-order valence-corrected chi connectivity index (χ1v) is 12.7. The Morgan fingerprint density at radius 2 is 1.64 bits per heavy atom. The van der Waals surface area contributed by atoms with Gasteiger partial charge in [-0.25, -0.2) is 0 Å². The highest BCUT2D eigenvalue weighted by Gasteiger charge is 2.40. The maximum atomic E-state index is 13.5. The van der Waals surface area contributed by atoms with Crippen LogP contribution in [0.5, 0.6) is 5.75 Å². The second-order valence-corrected chi connectivity index (χ2v) is 9.77. The molecule has 0 fully saturated rings. The molecule has 194 valence electrons. The Bertz CT molecular complexity index is 1580. The Morgan fingerprint density at radius 1 is 0.897 bits per heavy atom. The monoisotopic (exact) mass is 518 g/mol. The summed E-state index contributed by atoms with van der Waals surface area (Å²) < 4.78 is 0. The summed E-state index contributed by atoms with van der Waals surface area (Å²) >= 11 is 0. The number of phenolic OH excluding ortho intramolecular Hbond substituents is 1. The van der Waals surface area contributed by atoms with Gasteiger partial charge in [-0.15, -0.1) is 0 Å². The zero-order valence-electron chi connectivity index (χ0n) is 20.9. The summed E-state index contributed by atoms with van der Waals surface area (Å²) in [5.74, 6) is -0.224. The van der Waals surface area contributed by atoms with Gasteiger partial charge in [-0.1, -0.05) is 42.5 Å². The number of aromatic hydroxyl groups is 1. The van der Waals surface area contributed by atoms with Gasteiger partial charge in [0, 0.05) is 40.7 Å². The summed E-state index contributed by atoms with van der Waals surface area (Å²) in [4.78, 5) is 24.5. The van der Waals surface area contributed by atoms with Gasteiger partial charge in [0.25, 0.3) is 11.6 Å². The van der Waals surface area contributed by atoms with Crippen LogP contribution in [0.2, 0.25) is 0 Å². The molecule has 0 spiro atoms. The van der Waals surface area contributed by atoms with E-state index in [4.69, 9.17) is 0 Å². The molecule has 2 aliphatic rings. The molecular formula is C31H26N4O4. The van der Waals surface area contributed by atoms with Crippen molar-refractivity contribution in [2.45, 2.75) is 18.4 Å². The number of phenols is 1. The van der Waals surface area contributed by atoms with E-state index in [2.05, 4.69) is 28.1 Å². The van der Waals surface area contributed by atoms with E-state index >= 15 is 0 Å². The van der Waals surface area contributed by atoms with Crippen LogP contribution >= 0.6 is 0 Å². The number of non-ortho nitro benzene ring substituents is 1. The summed E-state index contributed by atoms with van der Waals surface area (Å²) in [5.41, 5.74) is 5.01. The van der Waals surface area contributed by atoms with Gasteiger partial charge in [-0.2, -0.15) is 0 Å². The second-order valence-electron chi connectivity index (χ2n) is 9.77. The first-order chi connectivity index (χ1) is 19.0. The number of hydrogen-bond acceptors (Lipinski definition) is 6. The molecular weight excluding hydrogens is 492 g/mol. The molecule has 1 aliphatic carbocycles. The van der Waals surface area contributed by atoms with E-state index in [1.54, 1.807) is 6.07 Å². The number of anilines is 4. The van der Waals surface area contributed by atoms with Crippen molar-refractivity contribution in [3.05, 3.63) is 130 Å². The number of carbonyl (C=O) groups is 1. The maximum Gasteiger partial charge on any atom is 0.270 e. The highest BCUT2D eigenvalue weighted by atomic mass is 16.6. The number of nitrogens with zero attached hydrogens (tertiary/aromatic N) is 1. The number of para-hydroxylation sites is 2. The molecule has 4 aromatic rings. The number of nitrogens with one attached hydrogen (secondary N) is 3. The SMILES string of the molecule is O=C(Nc1ccc(Nc2ccccc2)cc1)c1cccc2c1NC(c1cc([N+](=O)[O-])ccc1O)C1CC=CC21. The zero-order chi connectivity index (χ0) is 26.9. The van der Waals surface area contributed by atoms with Crippen molar-refractivity contribution in [2.24, 2.45) is 5.92 Å². The largest absolute Gasteiger partial charge is 0.508 e. The first-order valence-electron chi connectivity index (χ1n) is 12.7. The molecule has 3 unspecified atom stereocenters. The molecule has 0 saturated heterocycles. The standard InChI is InChI=1S/C31H26N4O4/c36-28-17-16-22(35(38)39)18-27(28)30-25-9-4-8-23(25)24-10-5-11-26(29(24)34-30)31(37)33-21-14-12-20(13-15-21)32-19-6-2-1-3-7-19/h1-8,10-18,23,25,30,32,34,36H,9H2,(H,33,37). The minimum Gasteiger partial charge on any atom is -0.508 e. The van der Waals surface area contributed by atoms with E-state index < -0.39 is 11.0 Å². The Kier molecular flexibility index (Phi) is 6.20. The van der Waals surface area contributed by atoms with E-state index in [9.17, 15) is 20.0 Å². The summed E-state index contributed by atoms with van der Waals surface area (Å²) in [5, 5.41) is 31.9. The van der Waals surface area contributed by atoms with Gasteiger partial charge in [0.1, 0.15) is 5.75 Å². The molecule has 0 aromatic heterocycles. The quantitative estimate of drug-likeness (QED) is 0.123. The van der Waals surface area contributed by atoms with Crippen molar-refractivity contribution in [1.29, 1.82) is 0 Å². The van der Waals surface area contributed by atoms with Crippen LogP contribution in [0.1, 0.15) is 39.9 Å². The Hall–Kier alpha value is -5.11. The van der Waals surface area contributed by atoms with E-state index in [0.717, 1.165) is 23.4 Å². The molecule has 0 saturated carbocycles. The number of nitro benzene ring substituents is 1. The third-order valence-electron chi connectivity index (χ3n) is 7.40. The number of hydrogen-bond donors (Lipinski definition) is 4. The van der Waals surface area contributed by atoms with E-state index in [-0.39, 0.29) is 29.2 Å². The van der Waals surface area contributed by atoms with Gasteiger partial charge < -0.3 is 21.1 Å². The lowest BCUT2D eigenvalue weighted by molar-refractivity contribution is -0.385. The van der Waals surface area contributed by atoms with Gasteiger partial charge in [0.05, 0.1) is 22.2 Å². The lowest BCUT2D eigenvalue weighted by atomic mass is 9.76. The molecule has 3 atom stereocenters. The lowest BCUT2D eigenvalue weighted by Crippen LogP contribution is -2.31. The summed E-state index contributed by atoms with van der Waals surface area (Å²) in [7, 11) is 0. The van der Waals surface area contributed by atoms with Gasteiger partial charge in [-0.05, 0) is 66.4 Å². The van der Waals surface area contributed by atoms with Crippen molar-refractivity contribution < 1.29 is 14.8 Å². The van der Waals surface area contributed by atoms with Crippen molar-refractivity contribution in [2.75, 3.05) is 16.0 Å². The van der Waals surface area contributed by atoms with Gasteiger partial charge in [0.2, 0.25) is 0 Å². The number of amides is 1. The fraction of sp³-hybridized carbons (Fsp3) is 0.129. The Labute approximate surface area is 225 Å². The molecule has 8 heteroatoms. The topological polar surface area (TPSA) is 117 Å². The lowest BCUT2D eigenvalue weighted by Gasteiger charge is -2.38. The summed E-state index contributed by atoms with van der Waals surface area (Å²) in [6, 6.07) is 26.6. The minimum atomic E-state index is -0.469. The molecule has 39 heavy (non-hydrogen) atoms. The third-order valence-corrected chi connectivity index (χ3v) is 7.40. The Morgan fingerprint density at radius 3 is 2.41 bits per heavy atom. The summed E-state index contributed by atoms with van der Waals surface area (Å²) in [6.07, 6.45) is 4.96. The molecule has 1 aliphatic heterocycles. The van der Waals surface area contributed by atoms with E-state index in [1.165, 1.54) is 18.2 Å². The van der Waals surface area contributed by atoms with E-state index in [1.807, 2.05) is 66.7 Å². The van der Waals surface area contributed by atoms with Gasteiger partial charge >= 0.3 is 0 Å². The average molecular weight is 519 g/mol. The Balaban J connectivity index is 1.28. The first kappa shape index (κ1) is 24.2. The van der Waals surface area contributed by atoms with Crippen molar-refractivity contribution in [3.8, 4) is 5.75 Å².